The number of carbonyl (C=O) groups excluding carboxylic acids is 1. The highest BCUT2D eigenvalue weighted by molar-refractivity contribution is 5.96. The van der Waals surface area contributed by atoms with Gasteiger partial charge in [0.05, 0.1) is 23.5 Å². The number of piperidine rings is 1. The van der Waals surface area contributed by atoms with E-state index in [1.807, 2.05) is 36.1 Å². The Labute approximate surface area is 175 Å². The molecule has 0 bridgehead atoms. The number of hydrogen-bond donors (Lipinski definition) is 0. The Morgan fingerprint density at radius 1 is 1.27 bits per heavy atom. The Balaban J connectivity index is 1.31. The molecule has 0 N–H and O–H groups in total. The van der Waals surface area contributed by atoms with E-state index in [-0.39, 0.29) is 11.8 Å². The lowest BCUT2D eigenvalue weighted by molar-refractivity contribution is -0.119. The van der Waals surface area contributed by atoms with Gasteiger partial charge in [0.25, 0.3) is 0 Å². The quantitative estimate of drug-likeness (QED) is 0.666. The van der Waals surface area contributed by atoms with Crippen LogP contribution < -0.4 is 4.90 Å². The summed E-state index contributed by atoms with van der Waals surface area (Å²) in [5, 5.41) is 4.00. The third-order valence-corrected chi connectivity index (χ3v) is 6.08. The maximum atomic E-state index is 13.0. The number of likely N-dealkylation sites (tertiary alicyclic amines) is 1. The number of anilines is 1. The summed E-state index contributed by atoms with van der Waals surface area (Å²) in [5.74, 6) is 1.11. The third-order valence-electron chi connectivity index (χ3n) is 6.08. The number of para-hydroxylation sites is 1. The van der Waals surface area contributed by atoms with Crippen molar-refractivity contribution in [3.8, 4) is 11.3 Å². The molecule has 1 aromatic carbocycles. The van der Waals surface area contributed by atoms with E-state index >= 15 is 0 Å². The molecule has 2 aliphatic rings. The van der Waals surface area contributed by atoms with E-state index in [0.717, 1.165) is 61.5 Å². The standard InChI is InChI=1S/C23H25N5O2/c1-16-11-21(30-26-16)19-12-24-15-25-23(19)18-6-4-9-27(13-18)14-22(29)28-10-8-17-5-2-3-7-20(17)28/h2-3,5,7,11-12,15,18H,4,6,8-10,13-14H2,1H3/t18-/m0/s1. The van der Waals surface area contributed by atoms with E-state index < -0.39 is 0 Å². The first-order chi connectivity index (χ1) is 14.7. The normalized spacial score (nSPS) is 19.1. The van der Waals surface area contributed by atoms with Gasteiger partial charge in [0.2, 0.25) is 5.91 Å². The molecule has 2 aliphatic heterocycles. The Kier molecular flexibility index (Phi) is 5.04. The van der Waals surface area contributed by atoms with Crippen LogP contribution >= 0.6 is 0 Å². The highest BCUT2D eigenvalue weighted by atomic mass is 16.5. The highest BCUT2D eigenvalue weighted by Crippen LogP contribution is 2.33. The van der Waals surface area contributed by atoms with Gasteiger partial charge in [-0.25, -0.2) is 9.97 Å². The molecule has 154 valence electrons. The lowest BCUT2D eigenvalue weighted by Gasteiger charge is -2.33. The number of nitrogens with zero attached hydrogens (tertiary/aromatic N) is 5. The second kappa shape index (κ2) is 7.99. The summed E-state index contributed by atoms with van der Waals surface area (Å²) < 4.78 is 5.47. The van der Waals surface area contributed by atoms with Crippen molar-refractivity contribution in [2.45, 2.75) is 32.1 Å². The number of benzene rings is 1. The lowest BCUT2D eigenvalue weighted by atomic mass is 9.91. The lowest BCUT2D eigenvalue weighted by Crippen LogP contribution is -2.43. The summed E-state index contributed by atoms with van der Waals surface area (Å²) in [4.78, 5) is 26.0. The fourth-order valence-corrected chi connectivity index (χ4v) is 4.64. The molecular formula is C23H25N5O2. The fourth-order valence-electron chi connectivity index (χ4n) is 4.64. The summed E-state index contributed by atoms with van der Waals surface area (Å²) in [7, 11) is 0. The topological polar surface area (TPSA) is 75.4 Å². The number of fused-ring (bicyclic) bond motifs is 1. The Morgan fingerprint density at radius 2 is 2.17 bits per heavy atom. The first-order valence-electron chi connectivity index (χ1n) is 10.5. The molecule has 3 aromatic rings. The third kappa shape index (κ3) is 3.61. The predicted octanol–water partition coefficient (Wildman–Crippen LogP) is 3.21. The second-order valence-corrected chi connectivity index (χ2v) is 8.15. The molecule has 0 unspecified atom stereocenters. The van der Waals surface area contributed by atoms with Gasteiger partial charge in [-0.05, 0) is 44.4 Å². The molecule has 7 heteroatoms. The smallest absolute Gasteiger partial charge is 0.241 e. The molecule has 1 atom stereocenters. The first-order valence-corrected chi connectivity index (χ1v) is 10.5. The van der Waals surface area contributed by atoms with Crippen LogP contribution in [-0.2, 0) is 11.2 Å². The summed E-state index contributed by atoms with van der Waals surface area (Å²) in [6.45, 7) is 4.85. The minimum Gasteiger partial charge on any atom is -0.356 e. The van der Waals surface area contributed by atoms with Gasteiger partial charge in [-0.15, -0.1) is 0 Å². The zero-order valence-electron chi connectivity index (χ0n) is 17.1. The number of aromatic nitrogens is 3. The molecule has 7 nitrogen and oxygen atoms in total. The molecule has 1 amide bonds. The van der Waals surface area contributed by atoms with Crippen molar-refractivity contribution in [2.24, 2.45) is 0 Å². The zero-order valence-corrected chi connectivity index (χ0v) is 17.1. The van der Waals surface area contributed by atoms with Crippen molar-refractivity contribution < 1.29 is 9.32 Å². The number of aryl methyl sites for hydroxylation is 1. The van der Waals surface area contributed by atoms with Gasteiger partial charge in [0.15, 0.2) is 5.76 Å². The van der Waals surface area contributed by atoms with E-state index in [1.165, 1.54) is 5.56 Å². The van der Waals surface area contributed by atoms with Crippen LogP contribution in [0.3, 0.4) is 0 Å². The van der Waals surface area contributed by atoms with Gasteiger partial charge in [0, 0.05) is 37.0 Å². The minimum atomic E-state index is 0.175. The van der Waals surface area contributed by atoms with Gasteiger partial charge in [-0.3, -0.25) is 9.69 Å². The van der Waals surface area contributed by atoms with Gasteiger partial charge < -0.3 is 9.42 Å². The minimum absolute atomic E-state index is 0.175. The van der Waals surface area contributed by atoms with Crippen LogP contribution in [0.15, 0.2) is 47.4 Å². The average Bonchev–Trinajstić information content (AvgIpc) is 3.40. The Morgan fingerprint density at radius 3 is 3.03 bits per heavy atom. The molecule has 0 spiro atoms. The van der Waals surface area contributed by atoms with Crippen molar-refractivity contribution >= 4 is 11.6 Å². The summed E-state index contributed by atoms with van der Waals surface area (Å²) >= 11 is 0. The van der Waals surface area contributed by atoms with Crippen LogP contribution in [0.5, 0.6) is 0 Å². The number of carbonyl (C=O) groups is 1. The SMILES string of the molecule is Cc1cc(-c2cncnc2[C@H]2CCCN(CC(=O)N3CCc4ccccc43)C2)on1. The number of amides is 1. The molecule has 2 aromatic heterocycles. The van der Waals surface area contributed by atoms with Crippen molar-refractivity contribution in [3.63, 3.8) is 0 Å². The van der Waals surface area contributed by atoms with Gasteiger partial charge in [0.1, 0.15) is 6.33 Å². The molecular weight excluding hydrogens is 378 g/mol. The maximum Gasteiger partial charge on any atom is 0.241 e. The van der Waals surface area contributed by atoms with Crippen molar-refractivity contribution in [1.29, 1.82) is 0 Å². The van der Waals surface area contributed by atoms with E-state index in [1.54, 1.807) is 12.5 Å². The van der Waals surface area contributed by atoms with Crippen LogP contribution in [-0.4, -0.2) is 52.1 Å². The molecule has 0 aliphatic carbocycles. The average molecular weight is 403 g/mol. The summed E-state index contributed by atoms with van der Waals surface area (Å²) in [6, 6.07) is 10.1. The summed E-state index contributed by atoms with van der Waals surface area (Å²) in [5.41, 5.74) is 5.03. The number of hydrogen-bond acceptors (Lipinski definition) is 6. The van der Waals surface area contributed by atoms with Gasteiger partial charge >= 0.3 is 0 Å². The van der Waals surface area contributed by atoms with Crippen LogP contribution in [0.25, 0.3) is 11.3 Å². The van der Waals surface area contributed by atoms with E-state index in [4.69, 9.17) is 4.52 Å². The molecule has 1 saturated heterocycles. The van der Waals surface area contributed by atoms with Gasteiger partial charge in [-0.1, -0.05) is 23.4 Å². The zero-order chi connectivity index (χ0) is 20.5. The molecule has 4 heterocycles. The van der Waals surface area contributed by atoms with Crippen molar-refractivity contribution in [2.75, 3.05) is 31.1 Å². The van der Waals surface area contributed by atoms with Crippen molar-refractivity contribution in [3.05, 3.63) is 59.8 Å². The Bertz CT molecular complexity index is 1060. The highest BCUT2D eigenvalue weighted by Gasteiger charge is 2.30. The van der Waals surface area contributed by atoms with Crippen LogP contribution in [0.2, 0.25) is 0 Å². The van der Waals surface area contributed by atoms with Crippen LogP contribution in [0, 0.1) is 6.92 Å². The van der Waals surface area contributed by atoms with Crippen LogP contribution in [0.4, 0.5) is 5.69 Å². The number of rotatable bonds is 4. The monoisotopic (exact) mass is 403 g/mol. The second-order valence-electron chi connectivity index (χ2n) is 8.15. The Hall–Kier alpha value is -3.06. The molecule has 0 radical (unpaired) electrons. The van der Waals surface area contributed by atoms with E-state index in [0.29, 0.717) is 12.3 Å². The van der Waals surface area contributed by atoms with Gasteiger partial charge in [-0.2, -0.15) is 0 Å². The summed E-state index contributed by atoms with van der Waals surface area (Å²) in [6.07, 6.45) is 6.40. The molecule has 1 fully saturated rings. The largest absolute Gasteiger partial charge is 0.356 e. The van der Waals surface area contributed by atoms with E-state index in [9.17, 15) is 4.79 Å². The van der Waals surface area contributed by atoms with Crippen molar-refractivity contribution in [1.82, 2.24) is 20.0 Å². The fraction of sp³-hybridized carbons (Fsp3) is 0.391. The van der Waals surface area contributed by atoms with Crippen LogP contribution in [0.1, 0.15) is 35.7 Å². The predicted molar refractivity (Wildman–Crippen MR) is 113 cm³/mol. The van der Waals surface area contributed by atoms with E-state index in [2.05, 4.69) is 26.1 Å². The molecule has 0 saturated carbocycles. The first kappa shape index (κ1) is 18.9. The molecule has 5 rings (SSSR count). The maximum absolute atomic E-state index is 13.0. The molecule has 30 heavy (non-hydrogen) atoms.